The first-order valence-corrected chi connectivity index (χ1v) is 6.53. The first-order chi connectivity index (χ1) is 8.93. The van der Waals surface area contributed by atoms with Gasteiger partial charge in [0.1, 0.15) is 0 Å². The molecule has 7 heteroatoms. The second kappa shape index (κ2) is 7.08. The van der Waals surface area contributed by atoms with Crippen molar-refractivity contribution in [3.8, 4) is 0 Å². The zero-order valence-corrected chi connectivity index (χ0v) is 12.1. The Hall–Kier alpha value is -1.63. The van der Waals surface area contributed by atoms with E-state index in [4.69, 9.17) is 0 Å². The van der Waals surface area contributed by atoms with Gasteiger partial charge in [-0.3, -0.25) is 4.57 Å². The van der Waals surface area contributed by atoms with E-state index in [2.05, 4.69) is 36.1 Å². The molecular weight excluding hydrogens is 246 g/mol. The van der Waals surface area contributed by atoms with Crippen molar-refractivity contribution < 1.29 is 4.92 Å². The number of hydrogen-bond acceptors (Lipinski definition) is 5. The van der Waals surface area contributed by atoms with Crippen LogP contribution < -0.4 is 5.32 Å². The molecule has 0 bridgehead atoms. The highest BCUT2D eigenvalue weighted by Gasteiger charge is 2.19. The average molecular weight is 269 g/mol. The van der Waals surface area contributed by atoms with E-state index in [9.17, 15) is 10.1 Å². The van der Waals surface area contributed by atoms with Gasteiger partial charge in [-0.2, -0.15) is 0 Å². The highest BCUT2D eigenvalue weighted by Crippen LogP contribution is 2.20. The topological polar surface area (TPSA) is 76.2 Å². The maximum absolute atomic E-state index is 10.8. The summed E-state index contributed by atoms with van der Waals surface area (Å²) in [6, 6.07) is 0.547. The van der Waals surface area contributed by atoms with Crippen molar-refractivity contribution in [2.75, 3.05) is 25.5 Å². The summed E-state index contributed by atoms with van der Waals surface area (Å²) in [5.41, 5.74) is 0. The van der Waals surface area contributed by atoms with E-state index in [1.165, 1.54) is 6.33 Å². The van der Waals surface area contributed by atoms with Gasteiger partial charge in [-0.1, -0.05) is 0 Å². The van der Waals surface area contributed by atoms with Crippen molar-refractivity contribution in [1.29, 1.82) is 0 Å². The number of imidazole rings is 1. The van der Waals surface area contributed by atoms with Gasteiger partial charge < -0.3 is 20.3 Å². The molecule has 0 radical (unpaired) electrons. The summed E-state index contributed by atoms with van der Waals surface area (Å²) < 4.78 is 1.64. The van der Waals surface area contributed by atoms with Crippen LogP contribution in [0.5, 0.6) is 0 Å². The molecule has 0 aromatic carbocycles. The molecule has 1 N–H and O–H groups in total. The normalized spacial score (nSPS) is 11.3. The van der Waals surface area contributed by atoms with Crippen LogP contribution in [-0.2, 0) is 7.05 Å². The number of aromatic nitrogens is 2. The molecule has 1 rings (SSSR count). The third kappa shape index (κ3) is 4.51. The van der Waals surface area contributed by atoms with Crippen LogP contribution >= 0.6 is 0 Å². The van der Waals surface area contributed by atoms with Crippen LogP contribution in [0.25, 0.3) is 0 Å². The van der Waals surface area contributed by atoms with Crippen molar-refractivity contribution in [3.05, 3.63) is 16.4 Å². The number of nitrogens with zero attached hydrogens (tertiary/aromatic N) is 4. The minimum Gasteiger partial charge on any atom is -0.364 e. The first-order valence-electron chi connectivity index (χ1n) is 6.53. The summed E-state index contributed by atoms with van der Waals surface area (Å²) >= 11 is 0. The smallest absolute Gasteiger partial charge is 0.364 e. The molecule has 0 fully saturated rings. The summed E-state index contributed by atoms with van der Waals surface area (Å²) in [4.78, 5) is 16.4. The van der Waals surface area contributed by atoms with E-state index in [-0.39, 0.29) is 5.82 Å². The Balaban J connectivity index is 2.34. The van der Waals surface area contributed by atoms with E-state index < -0.39 is 4.92 Å². The third-order valence-corrected chi connectivity index (χ3v) is 3.20. The Kier molecular flexibility index (Phi) is 5.75. The van der Waals surface area contributed by atoms with Gasteiger partial charge in [-0.05, 0) is 50.2 Å². The second-order valence-corrected chi connectivity index (χ2v) is 4.99. The predicted molar refractivity (Wildman–Crippen MR) is 75.4 cm³/mol. The molecule has 108 valence electrons. The molecule has 0 spiro atoms. The standard InChI is InChI=1S/C12H23N5O2/c1-10(2)15(3)8-6-5-7-13-11-12(17(18)19)14-9-16(11)4/h9-10,13H,5-8H2,1-4H3. The van der Waals surface area contributed by atoms with Gasteiger partial charge in [0.2, 0.25) is 12.1 Å². The molecule has 0 amide bonds. The Morgan fingerprint density at radius 3 is 2.79 bits per heavy atom. The van der Waals surface area contributed by atoms with E-state index in [1.807, 2.05) is 0 Å². The molecule has 0 unspecified atom stereocenters. The molecule has 0 aliphatic carbocycles. The zero-order valence-electron chi connectivity index (χ0n) is 12.1. The fraction of sp³-hybridized carbons (Fsp3) is 0.750. The Labute approximate surface area is 113 Å². The monoisotopic (exact) mass is 269 g/mol. The van der Waals surface area contributed by atoms with Crippen LogP contribution in [0.3, 0.4) is 0 Å². The van der Waals surface area contributed by atoms with Crippen molar-refractivity contribution >= 4 is 11.6 Å². The fourth-order valence-corrected chi connectivity index (χ4v) is 1.71. The second-order valence-electron chi connectivity index (χ2n) is 4.99. The maximum Gasteiger partial charge on any atom is 0.406 e. The minimum absolute atomic E-state index is 0.109. The number of nitro groups is 1. The summed E-state index contributed by atoms with van der Waals surface area (Å²) in [7, 11) is 3.85. The fourth-order valence-electron chi connectivity index (χ4n) is 1.71. The lowest BCUT2D eigenvalue weighted by Crippen LogP contribution is -2.27. The lowest BCUT2D eigenvalue weighted by molar-refractivity contribution is -0.388. The molecular formula is C12H23N5O2. The van der Waals surface area contributed by atoms with Crippen LogP contribution in [0, 0.1) is 10.1 Å². The van der Waals surface area contributed by atoms with Crippen molar-refractivity contribution in [1.82, 2.24) is 14.5 Å². The van der Waals surface area contributed by atoms with E-state index in [0.717, 1.165) is 19.4 Å². The molecule has 1 aromatic heterocycles. The van der Waals surface area contributed by atoms with E-state index >= 15 is 0 Å². The summed E-state index contributed by atoms with van der Waals surface area (Å²) in [5.74, 6) is 0.365. The Morgan fingerprint density at radius 2 is 2.21 bits per heavy atom. The minimum atomic E-state index is -0.463. The average Bonchev–Trinajstić information content (AvgIpc) is 2.70. The van der Waals surface area contributed by atoms with Crippen molar-refractivity contribution in [3.63, 3.8) is 0 Å². The largest absolute Gasteiger partial charge is 0.406 e. The molecule has 0 atom stereocenters. The number of unbranched alkanes of at least 4 members (excludes halogenated alkanes) is 1. The lowest BCUT2D eigenvalue weighted by atomic mass is 10.2. The third-order valence-electron chi connectivity index (χ3n) is 3.20. The molecule has 1 aromatic rings. The highest BCUT2D eigenvalue weighted by molar-refractivity contribution is 5.51. The van der Waals surface area contributed by atoms with Crippen molar-refractivity contribution in [2.45, 2.75) is 32.7 Å². The summed E-state index contributed by atoms with van der Waals surface area (Å²) in [6.45, 7) is 6.08. The van der Waals surface area contributed by atoms with E-state index in [1.54, 1.807) is 11.6 Å². The van der Waals surface area contributed by atoms with Crippen LogP contribution in [0.4, 0.5) is 11.6 Å². The van der Waals surface area contributed by atoms with Gasteiger partial charge in [-0.15, -0.1) is 0 Å². The van der Waals surface area contributed by atoms with E-state index in [0.29, 0.717) is 18.4 Å². The number of nitrogens with one attached hydrogen (secondary N) is 1. The first kappa shape index (κ1) is 15.4. The Bertz CT molecular complexity index is 416. The van der Waals surface area contributed by atoms with Gasteiger partial charge >= 0.3 is 5.82 Å². The Morgan fingerprint density at radius 1 is 1.53 bits per heavy atom. The predicted octanol–water partition coefficient (Wildman–Crippen LogP) is 1.86. The number of rotatable bonds is 8. The van der Waals surface area contributed by atoms with Gasteiger partial charge in [0.05, 0.1) is 0 Å². The maximum atomic E-state index is 10.8. The van der Waals surface area contributed by atoms with Crippen LogP contribution in [0.2, 0.25) is 0 Å². The molecule has 19 heavy (non-hydrogen) atoms. The van der Waals surface area contributed by atoms with Crippen LogP contribution in [0.1, 0.15) is 26.7 Å². The molecule has 0 saturated heterocycles. The van der Waals surface area contributed by atoms with Crippen LogP contribution in [-0.4, -0.2) is 45.6 Å². The number of aryl methyl sites for hydroxylation is 1. The zero-order chi connectivity index (χ0) is 14.4. The lowest BCUT2D eigenvalue weighted by Gasteiger charge is -2.20. The van der Waals surface area contributed by atoms with Crippen molar-refractivity contribution in [2.24, 2.45) is 7.05 Å². The molecule has 1 heterocycles. The number of hydrogen-bond donors (Lipinski definition) is 1. The van der Waals surface area contributed by atoms with Gasteiger partial charge in [0.25, 0.3) is 0 Å². The van der Waals surface area contributed by atoms with Crippen LogP contribution in [0.15, 0.2) is 6.33 Å². The molecule has 0 aliphatic heterocycles. The van der Waals surface area contributed by atoms with Gasteiger partial charge in [-0.25, -0.2) is 0 Å². The SMILES string of the molecule is CC(C)N(C)CCCCNc1c([N+](=O)[O-])ncn1C. The summed E-state index contributed by atoms with van der Waals surface area (Å²) in [5, 5.41) is 13.9. The quantitative estimate of drug-likeness (QED) is 0.443. The number of anilines is 1. The van der Waals surface area contributed by atoms with Gasteiger partial charge in [0.15, 0.2) is 0 Å². The molecule has 0 saturated carbocycles. The molecule has 0 aliphatic rings. The molecule has 7 nitrogen and oxygen atoms in total. The van der Waals surface area contributed by atoms with Gasteiger partial charge in [0, 0.05) is 19.6 Å². The highest BCUT2D eigenvalue weighted by atomic mass is 16.6. The summed E-state index contributed by atoms with van der Waals surface area (Å²) in [6.07, 6.45) is 3.49.